The molecule has 0 amide bonds. The van der Waals surface area contributed by atoms with Crippen molar-refractivity contribution in [1.29, 1.82) is 0 Å². The molecule has 1 aliphatic rings. The van der Waals surface area contributed by atoms with Crippen LogP contribution in [-0.2, 0) is 6.54 Å². The molecule has 0 unspecified atom stereocenters. The van der Waals surface area contributed by atoms with E-state index in [1.54, 1.807) is 19.2 Å². The lowest BCUT2D eigenvalue weighted by Crippen LogP contribution is -2.33. The van der Waals surface area contributed by atoms with Crippen LogP contribution in [0, 0.1) is 5.82 Å². The smallest absolute Gasteiger partial charge is 0.165 e. The number of para-hydroxylation sites is 1. The highest BCUT2D eigenvalue weighted by molar-refractivity contribution is 5.90. The SMILES string of the molecule is COc1ccc2cc(-c3ccccc3NCc3ccc(OCCN4CCCCC4)c(F)c3)ccc2c1. The summed E-state index contributed by atoms with van der Waals surface area (Å²) in [6.07, 6.45) is 3.80. The average molecular weight is 485 g/mol. The van der Waals surface area contributed by atoms with Crippen LogP contribution in [0.3, 0.4) is 0 Å². The highest BCUT2D eigenvalue weighted by Gasteiger charge is 2.11. The van der Waals surface area contributed by atoms with Crippen LogP contribution >= 0.6 is 0 Å². The van der Waals surface area contributed by atoms with Gasteiger partial charge >= 0.3 is 0 Å². The highest BCUT2D eigenvalue weighted by Crippen LogP contribution is 2.32. The van der Waals surface area contributed by atoms with Gasteiger partial charge in [-0.05, 0) is 84.2 Å². The summed E-state index contributed by atoms with van der Waals surface area (Å²) in [7, 11) is 1.68. The zero-order valence-electron chi connectivity index (χ0n) is 20.8. The highest BCUT2D eigenvalue weighted by atomic mass is 19.1. The number of ether oxygens (including phenoxy) is 2. The predicted octanol–water partition coefficient (Wildman–Crippen LogP) is 7.13. The Morgan fingerprint density at radius 3 is 2.50 bits per heavy atom. The number of nitrogens with zero attached hydrogens (tertiary/aromatic N) is 1. The molecule has 5 rings (SSSR count). The van der Waals surface area contributed by atoms with Gasteiger partial charge in [0.05, 0.1) is 7.11 Å². The fourth-order valence-electron chi connectivity index (χ4n) is 4.84. The van der Waals surface area contributed by atoms with Gasteiger partial charge in [-0.3, -0.25) is 4.90 Å². The van der Waals surface area contributed by atoms with E-state index in [1.165, 1.54) is 19.3 Å². The second-order valence-electron chi connectivity index (χ2n) is 9.34. The molecule has 0 aliphatic carbocycles. The van der Waals surface area contributed by atoms with E-state index in [9.17, 15) is 4.39 Å². The summed E-state index contributed by atoms with van der Waals surface area (Å²) in [5, 5.41) is 5.78. The first-order chi connectivity index (χ1) is 17.7. The molecule has 4 aromatic rings. The summed E-state index contributed by atoms with van der Waals surface area (Å²) in [6, 6.07) is 26.0. The Balaban J connectivity index is 1.24. The Morgan fingerprint density at radius 1 is 0.861 bits per heavy atom. The molecule has 0 spiro atoms. The quantitative estimate of drug-likeness (QED) is 0.274. The van der Waals surface area contributed by atoms with Crippen LogP contribution in [0.2, 0.25) is 0 Å². The number of nitrogens with one attached hydrogen (secondary N) is 1. The maximum absolute atomic E-state index is 14.7. The first kappa shape index (κ1) is 24.1. The second kappa shape index (κ2) is 11.4. The van der Waals surface area contributed by atoms with E-state index in [1.807, 2.05) is 30.3 Å². The number of benzene rings is 4. The molecular formula is C31H33FN2O2. The van der Waals surface area contributed by atoms with Crippen molar-refractivity contribution in [2.24, 2.45) is 0 Å². The summed E-state index contributed by atoms with van der Waals surface area (Å²) in [5.74, 6) is 0.859. The Kier molecular flexibility index (Phi) is 7.67. The Bertz CT molecular complexity index is 1320. The van der Waals surface area contributed by atoms with Crippen LogP contribution in [0.15, 0.2) is 78.9 Å². The standard InChI is InChI=1S/C31H33FN2O2/c1-35-27-13-12-24-20-26(11-10-25(24)21-27)28-7-3-4-8-30(28)33-22-23-9-14-31(29(32)19-23)36-18-17-34-15-5-2-6-16-34/h3-4,7-14,19-21,33H,2,5-6,15-18,22H2,1H3. The number of rotatable bonds is 9. The Morgan fingerprint density at radius 2 is 1.67 bits per heavy atom. The van der Waals surface area contributed by atoms with Gasteiger partial charge in [0.25, 0.3) is 0 Å². The molecule has 0 saturated carbocycles. The van der Waals surface area contributed by atoms with E-state index in [-0.39, 0.29) is 5.82 Å². The summed E-state index contributed by atoms with van der Waals surface area (Å²) in [6.45, 7) is 4.12. The summed E-state index contributed by atoms with van der Waals surface area (Å²) in [4.78, 5) is 2.39. The van der Waals surface area contributed by atoms with Gasteiger partial charge in [0, 0.05) is 24.3 Å². The maximum atomic E-state index is 14.7. The molecule has 1 aliphatic heterocycles. The van der Waals surface area contributed by atoms with Crippen LogP contribution < -0.4 is 14.8 Å². The third-order valence-corrected chi connectivity index (χ3v) is 6.88. The average Bonchev–Trinajstić information content (AvgIpc) is 2.93. The number of hydrogen-bond donors (Lipinski definition) is 1. The van der Waals surface area contributed by atoms with E-state index >= 15 is 0 Å². The van der Waals surface area contributed by atoms with Gasteiger partial charge in [-0.15, -0.1) is 0 Å². The molecule has 0 aromatic heterocycles. The minimum atomic E-state index is -0.314. The van der Waals surface area contributed by atoms with Crippen LogP contribution in [0.5, 0.6) is 11.5 Å². The van der Waals surface area contributed by atoms with Crippen LogP contribution in [-0.4, -0.2) is 38.3 Å². The molecule has 0 bridgehead atoms. The van der Waals surface area contributed by atoms with E-state index in [0.717, 1.165) is 58.5 Å². The van der Waals surface area contributed by atoms with Gasteiger partial charge < -0.3 is 14.8 Å². The first-order valence-electron chi connectivity index (χ1n) is 12.7. The van der Waals surface area contributed by atoms with Gasteiger partial charge in [0.2, 0.25) is 0 Å². The van der Waals surface area contributed by atoms with Gasteiger partial charge in [-0.1, -0.05) is 48.9 Å². The number of hydrogen-bond acceptors (Lipinski definition) is 4. The molecule has 1 fully saturated rings. The molecule has 0 atom stereocenters. The molecule has 4 nitrogen and oxygen atoms in total. The second-order valence-corrected chi connectivity index (χ2v) is 9.34. The number of likely N-dealkylation sites (tertiary alicyclic amines) is 1. The van der Waals surface area contributed by atoms with E-state index < -0.39 is 0 Å². The number of fused-ring (bicyclic) bond motifs is 1. The molecule has 0 radical (unpaired) electrons. The number of halogens is 1. The zero-order valence-corrected chi connectivity index (χ0v) is 20.8. The summed E-state index contributed by atoms with van der Waals surface area (Å²) >= 11 is 0. The molecule has 4 aromatic carbocycles. The van der Waals surface area contributed by atoms with Gasteiger partial charge in [0.15, 0.2) is 11.6 Å². The van der Waals surface area contributed by atoms with Gasteiger partial charge in [-0.2, -0.15) is 0 Å². The molecular weight excluding hydrogens is 451 g/mol. The number of piperidine rings is 1. The molecule has 1 heterocycles. The fraction of sp³-hybridized carbons (Fsp3) is 0.290. The first-order valence-corrected chi connectivity index (χ1v) is 12.7. The van der Waals surface area contributed by atoms with Crippen molar-refractivity contribution < 1.29 is 13.9 Å². The Labute approximate surface area is 212 Å². The van der Waals surface area contributed by atoms with Crippen molar-refractivity contribution in [3.8, 4) is 22.6 Å². The molecule has 1 N–H and O–H groups in total. The largest absolute Gasteiger partial charge is 0.497 e. The zero-order chi connectivity index (χ0) is 24.7. The summed E-state index contributed by atoms with van der Waals surface area (Å²) < 4.78 is 25.8. The third kappa shape index (κ3) is 5.80. The van der Waals surface area contributed by atoms with Crippen LogP contribution in [0.25, 0.3) is 21.9 Å². The lowest BCUT2D eigenvalue weighted by molar-refractivity contribution is 0.180. The minimum Gasteiger partial charge on any atom is -0.497 e. The fourth-order valence-corrected chi connectivity index (χ4v) is 4.84. The van der Waals surface area contributed by atoms with E-state index in [4.69, 9.17) is 9.47 Å². The number of anilines is 1. The van der Waals surface area contributed by atoms with Crippen LogP contribution in [0.4, 0.5) is 10.1 Å². The molecule has 186 valence electrons. The van der Waals surface area contributed by atoms with Gasteiger partial charge in [-0.25, -0.2) is 4.39 Å². The van der Waals surface area contributed by atoms with Gasteiger partial charge in [0.1, 0.15) is 12.4 Å². The third-order valence-electron chi connectivity index (χ3n) is 6.88. The molecule has 36 heavy (non-hydrogen) atoms. The monoisotopic (exact) mass is 484 g/mol. The van der Waals surface area contributed by atoms with Crippen LogP contribution in [0.1, 0.15) is 24.8 Å². The van der Waals surface area contributed by atoms with Crippen molar-refractivity contribution in [2.45, 2.75) is 25.8 Å². The van der Waals surface area contributed by atoms with E-state index in [2.05, 4.69) is 46.6 Å². The van der Waals surface area contributed by atoms with Crippen molar-refractivity contribution in [2.75, 3.05) is 38.7 Å². The maximum Gasteiger partial charge on any atom is 0.165 e. The van der Waals surface area contributed by atoms with Crippen molar-refractivity contribution >= 4 is 16.5 Å². The lowest BCUT2D eigenvalue weighted by Gasteiger charge is -2.26. The van der Waals surface area contributed by atoms with Crippen molar-refractivity contribution in [1.82, 2.24) is 4.90 Å². The van der Waals surface area contributed by atoms with Crippen molar-refractivity contribution in [3.63, 3.8) is 0 Å². The summed E-state index contributed by atoms with van der Waals surface area (Å²) in [5.41, 5.74) is 4.11. The van der Waals surface area contributed by atoms with Crippen molar-refractivity contribution in [3.05, 3.63) is 90.2 Å². The minimum absolute atomic E-state index is 0.314. The topological polar surface area (TPSA) is 33.7 Å². The normalized spacial score (nSPS) is 14.1. The van der Waals surface area contributed by atoms with E-state index in [0.29, 0.717) is 18.9 Å². The molecule has 1 saturated heterocycles. The lowest BCUT2D eigenvalue weighted by atomic mass is 9.99. The predicted molar refractivity (Wildman–Crippen MR) is 145 cm³/mol. The number of methoxy groups -OCH3 is 1. The Hall–Kier alpha value is -3.57. The molecule has 5 heteroatoms.